The Kier molecular flexibility index (Phi) is 6.66. The van der Waals surface area contributed by atoms with Gasteiger partial charge < -0.3 is 20.7 Å². The van der Waals surface area contributed by atoms with Crippen molar-refractivity contribution < 1.29 is 19.1 Å². The van der Waals surface area contributed by atoms with Crippen molar-refractivity contribution in [3.8, 4) is 0 Å². The third-order valence-electron chi connectivity index (χ3n) is 4.54. The molecule has 0 bridgehead atoms. The van der Waals surface area contributed by atoms with Crippen molar-refractivity contribution in [3.05, 3.63) is 66.1 Å². The molecule has 4 N–H and O–H groups in total. The van der Waals surface area contributed by atoms with Crippen LogP contribution in [0.15, 0.2) is 59.1 Å². The molecular formula is C21H18FN5O3S2. The number of aliphatic carboxylic acids is 1. The van der Waals surface area contributed by atoms with E-state index in [-0.39, 0.29) is 18.0 Å². The summed E-state index contributed by atoms with van der Waals surface area (Å²) in [5.74, 6) is -1.90. The summed E-state index contributed by atoms with van der Waals surface area (Å²) < 4.78 is 13.8. The molecule has 0 fully saturated rings. The first-order chi connectivity index (χ1) is 15.5. The molecule has 0 aliphatic rings. The maximum atomic E-state index is 13.3. The van der Waals surface area contributed by atoms with Crippen molar-refractivity contribution in [3.63, 3.8) is 0 Å². The summed E-state index contributed by atoms with van der Waals surface area (Å²) in [5.41, 5.74) is 2.27. The minimum Gasteiger partial charge on any atom is -0.480 e. The van der Waals surface area contributed by atoms with Gasteiger partial charge >= 0.3 is 5.97 Å². The van der Waals surface area contributed by atoms with E-state index in [1.165, 1.54) is 23.5 Å². The van der Waals surface area contributed by atoms with E-state index in [0.717, 1.165) is 28.2 Å². The summed E-state index contributed by atoms with van der Waals surface area (Å²) in [6.07, 6.45) is 1.92. The zero-order chi connectivity index (χ0) is 22.5. The first-order valence-electron chi connectivity index (χ1n) is 9.54. The van der Waals surface area contributed by atoms with Crippen LogP contribution in [-0.2, 0) is 16.0 Å². The maximum Gasteiger partial charge on any atom is 0.326 e. The average Bonchev–Trinajstić information content (AvgIpc) is 3.39. The molecule has 0 radical (unpaired) electrons. The molecule has 0 aliphatic heterocycles. The number of thioether (sulfide) groups is 1. The molecule has 164 valence electrons. The third kappa shape index (κ3) is 5.42. The van der Waals surface area contributed by atoms with Crippen LogP contribution in [-0.4, -0.2) is 44.0 Å². The number of nitrogens with zero attached hydrogens (tertiary/aromatic N) is 2. The zero-order valence-electron chi connectivity index (χ0n) is 16.5. The number of hydrogen-bond acceptors (Lipinski definition) is 7. The largest absolute Gasteiger partial charge is 0.480 e. The van der Waals surface area contributed by atoms with Crippen LogP contribution in [0.2, 0.25) is 0 Å². The van der Waals surface area contributed by atoms with Crippen molar-refractivity contribution in [1.82, 2.24) is 20.5 Å². The van der Waals surface area contributed by atoms with E-state index >= 15 is 0 Å². The number of H-pyrrole nitrogens is 1. The smallest absolute Gasteiger partial charge is 0.326 e. The number of fused-ring (bicyclic) bond motifs is 1. The van der Waals surface area contributed by atoms with Gasteiger partial charge in [-0.2, -0.15) is 0 Å². The molecule has 0 spiro atoms. The number of carboxylic acid groups (broad SMARTS) is 1. The Morgan fingerprint density at radius 3 is 2.84 bits per heavy atom. The fourth-order valence-electron chi connectivity index (χ4n) is 3.09. The summed E-state index contributed by atoms with van der Waals surface area (Å²) in [7, 11) is 0. The van der Waals surface area contributed by atoms with Gasteiger partial charge in [-0.3, -0.25) is 4.79 Å². The van der Waals surface area contributed by atoms with Crippen LogP contribution in [0, 0.1) is 5.82 Å². The lowest BCUT2D eigenvalue weighted by atomic mass is 10.1. The predicted octanol–water partition coefficient (Wildman–Crippen LogP) is 3.81. The number of carboxylic acids is 1. The van der Waals surface area contributed by atoms with Crippen LogP contribution in [0.1, 0.15) is 5.56 Å². The number of anilines is 2. The molecule has 2 heterocycles. The molecular weight excluding hydrogens is 453 g/mol. The number of nitrogens with one attached hydrogen (secondary N) is 3. The quantitative estimate of drug-likeness (QED) is 0.274. The molecule has 0 saturated carbocycles. The minimum absolute atomic E-state index is 0.00768. The number of aromatic nitrogens is 3. The van der Waals surface area contributed by atoms with E-state index in [1.54, 1.807) is 18.3 Å². The second kappa shape index (κ2) is 9.79. The number of benzene rings is 2. The second-order valence-electron chi connectivity index (χ2n) is 6.82. The molecule has 8 nitrogen and oxygen atoms in total. The maximum absolute atomic E-state index is 13.3. The Labute approximate surface area is 190 Å². The lowest BCUT2D eigenvalue weighted by Crippen LogP contribution is -2.43. The van der Waals surface area contributed by atoms with Gasteiger partial charge in [0.1, 0.15) is 11.9 Å². The van der Waals surface area contributed by atoms with Gasteiger partial charge in [-0.1, -0.05) is 47.4 Å². The molecule has 4 rings (SSSR count). The Hall–Kier alpha value is -3.44. The Morgan fingerprint density at radius 1 is 1.19 bits per heavy atom. The lowest BCUT2D eigenvalue weighted by Gasteiger charge is -2.13. The van der Waals surface area contributed by atoms with Crippen molar-refractivity contribution in [2.75, 3.05) is 11.1 Å². The van der Waals surface area contributed by atoms with Gasteiger partial charge in [0.2, 0.25) is 11.0 Å². The van der Waals surface area contributed by atoms with Gasteiger partial charge in [-0.25, -0.2) is 9.18 Å². The van der Waals surface area contributed by atoms with E-state index in [0.29, 0.717) is 15.2 Å². The van der Waals surface area contributed by atoms with Crippen molar-refractivity contribution >= 4 is 56.7 Å². The molecule has 0 saturated heterocycles. The van der Waals surface area contributed by atoms with Crippen LogP contribution in [0.3, 0.4) is 0 Å². The average molecular weight is 472 g/mol. The minimum atomic E-state index is -1.11. The number of aromatic amines is 1. The fourth-order valence-corrected chi connectivity index (χ4v) is 4.68. The highest BCUT2D eigenvalue weighted by Gasteiger charge is 2.22. The molecule has 32 heavy (non-hydrogen) atoms. The molecule has 2 aromatic carbocycles. The van der Waals surface area contributed by atoms with Crippen LogP contribution >= 0.6 is 23.1 Å². The molecule has 11 heteroatoms. The Balaban J connectivity index is 1.32. The van der Waals surface area contributed by atoms with Crippen LogP contribution < -0.4 is 10.6 Å². The van der Waals surface area contributed by atoms with Crippen LogP contribution in [0.4, 0.5) is 15.2 Å². The molecule has 0 aliphatic carbocycles. The number of carbonyl (C=O) groups excluding carboxylic acids is 1. The van der Waals surface area contributed by atoms with E-state index in [9.17, 15) is 19.1 Å². The van der Waals surface area contributed by atoms with Crippen molar-refractivity contribution in [1.29, 1.82) is 0 Å². The predicted molar refractivity (Wildman–Crippen MR) is 122 cm³/mol. The topological polar surface area (TPSA) is 120 Å². The number of rotatable bonds is 9. The zero-order valence-corrected chi connectivity index (χ0v) is 18.2. The molecule has 2 aromatic heterocycles. The second-order valence-corrected chi connectivity index (χ2v) is 9.02. The van der Waals surface area contributed by atoms with E-state index in [1.807, 2.05) is 24.3 Å². The van der Waals surface area contributed by atoms with Crippen LogP contribution in [0.5, 0.6) is 0 Å². The third-order valence-corrected chi connectivity index (χ3v) is 6.51. The Bertz CT molecular complexity index is 1260. The summed E-state index contributed by atoms with van der Waals surface area (Å²) in [4.78, 5) is 27.1. The van der Waals surface area contributed by atoms with Gasteiger partial charge in [0.25, 0.3) is 0 Å². The molecule has 1 atom stereocenters. The van der Waals surface area contributed by atoms with E-state index in [4.69, 9.17) is 0 Å². The summed E-state index contributed by atoms with van der Waals surface area (Å²) in [6.45, 7) is 0. The number of hydrogen-bond donors (Lipinski definition) is 4. The summed E-state index contributed by atoms with van der Waals surface area (Å²) in [5, 5.41) is 24.4. The Morgan fingerprint density at radius 2 is 2.03 bits per heavy atom. The number of para-hydroxylation sites is 1. The normalized spacial score (nSPS) is 11.9. The van der Waals surface area contributed by atoms with E-state index in [2.05, 4.69) is 25.8 Å². The van der Waals surface area contributed by atoms with Crippen molar-refractivity contribution in [2.24, 2.45) is 0 Å². The molecule has 0 unspecified atom stereocenters. The van der Waals surface area contributed by atoms with Gasteiger partial charge in [0.15, 0.2) is 4.34 Å². The monoisotopic (exact) mass is 471 g/mol. The van der Waals surface area contributed by atoms with Gasteiger partial charge in [0, 0.05) is 29.2 Å². The van der Waals surface area contributed by atoms with Gasteiger partial charge in [-0.15, -0.1) is 10.2 Å². The summed E-state index contributed by atoms with van der Waals surface area (Å²) >= 11 is 2.36. The highest BCUT2D eigenvalue weighted by atomic mass is 32.2. The summed E-state index contributed by atoms with van der Waals surface area (Å²) in [6, 6.07) is 12.5. The molecule has 4 aromatic rings. The lowest BCUT2D eigenvalue weighted by molar-refractivity contribution is -0.141. The van der Waals surface area contributed by atoms with E-state index < -0.39 is 17.9 Å². The van der Waals surface area contributed by atoms with Gasteiger partial charge in [0.05, 0.1) is 5.75 Å². The standard InChI is InChI=1S/C21H18FN5O3S2/c22-13-4-3-5-14(9-13)24-20-26-27-21(32-20)31-11-18(28)25-17(19(29)30)8-12-10-23-16-7-2-1-6-15(12)16/h1-7,9-10,17,23H,8,11H2,(H,24,26)(H,25,28)(H,29,30)/t17-/m1/s1. The first-order valence-corrected chi connectivity index (χ1v) is 11.3. The van der Waals surface area contributed by atoms with Crippen LogP contribution in [0.25, 0.3) is 10.9 Å². The highest BCUT2D eigenvalue weighted by Crippen LogP contribution is 2.27. The molecule has 1 amide bonds. The SMILES string of the molecule is O=C(CSc1nnc(Nc2cccc(F)c2)s1)N[C@H](Cc1c[nH]c2ccccc12)C(=O)O. The fraction of sp³-hybridized carbons (Fsp3) is 0.143. The number of halogens is 1. The highest BCUT2D eigenvalue weighted by molar-refractivity contribution is 8.01. The number of amides is 1. The van der Waals surface area contributed by atoms with Crippen molar-refractivity contribution in [2.45, 2.75) is 16.8 Å². The van der Waals surface area contributed by atoms with Gasteiger partial charge in [-0.05, 0) is 29.8 Å². The number of carbonyl (C=O) groups is 2. The first kappa shape index (κ1) is 21.8.